The number of carbonyl (C=O) groups is 1. The van der Waals surface area contributed by atoms with Crippen LogP contribution in [0.15, 0.2) is 67.3 Å². The Morgan fingerprint density at radius 2 is 2.16 bits per heavy atom. The van der Waals surface area contributed by atoms with E-state index < -0.39 is 5.82 Å². The number of carbonyl (C=O) groups excluding carboxylic acids is 1. The molecule has 0 saturated heterocycles. The van der Waals surface area contributed by atoms with Gasteiger partial charge < -0.3 is 14.6 Å². The molecular weight excluding hydrogens is 321 g/mol. The van der Waals surface area contributed by atoms with E-state index in [4.69, 9.17) is 4.74 Å². The number of imidazole rings is 1. The van der Waals surface area contributed by atoms with Crippen molar-refractivity contribution in [1.82, 2.24) is 9.55 Å². The summed E-state index contributed by atoms with van der Waals surface area (Å²) < 4.78 is 20.9. The highest BCUT2D eigenvalue weighted by atomic mass is 19.1. The lowest BCUT2D eigenvalue weighted by molar-refractivity contribution is -0.111. The fourth-order valence-corrected chi connectivity index (χ4v) is 2.29. The number of rotatable bonds is 5. The Morgan fingerprint density at radius 1 is 1.28 bits per heavy atom. The van der Waals surface area contributed by atoms with Crippen molar-refractivity contribution < 1.29 is 13.9 Å². The average Bonchev–Trinajstić information content (AvgIpc) is 3.14. The molecule has 0 aliphatic carbocycles. The lowest BCUT2D eigenvalue weighted by Gasteiger charge is -2.05. The number of hydrogen-bond donors (Lipinski definition) is 1. The van der Waals surface area contributed by atoms with Gasteiger partial charge in [-0.05, 0) is 35.9 Å². The van der Waals surface area contributed by atoms with Gasteiger partial charge in [-0.15, -0.1) is 0 Å². The standard InChI is InChI=1S/C19H16FN3O2/c1-25-16-4-2-3-15(12-16)22-19(24)8-6-14-5-7-18(17(20)11-14)23-10-9-21-13-23/h2-13H,1H3,(H,22,24)/b8-6+. The summed E-state index contributed by atoms with van der Waals surface area (Å²) in [4.78, 5) is 15.9. The van der Waals surface area contributed by atoms with Crippen molar-refractivity contribution in [2.24, 2.45) is 0 Å². The molecule has 0 unspecified atom stereocenters. The summed E-state index contributed by atoms with van der Waals surface area (Å²) in [5.41, 5.74) is 1.60. The summed E-state index contributed by atoms with van der Waals surface area (Å²) in [5, 5.41) is 2.72. The highest BCUT2D eigenvalue weighted by Gasteiger charge is 2.05. The fourth-order valence-electron chi connectivity index (χ4n) is 2.29. The lowest BCUT2D eigenvalue weighted by atomic mass is 10.1. The van der Waals surface area contributed by atoms with E-state index in [1.807, 2.05) is 0 Å². The van der Waals surface area contributed by atoms with Gasteiger partial charge in [0.25, 0.3) is 0 Å². The molecule has 0 aliphatic heterocycles. The van der Waals surface area contributed by atoms with Gasteiger partial charge in [0.2, 0.25) is 5.91 Å². The molecule has 25 heavy (non-hydrogen) atoms. The van der Waals surface area contributed by atoms with Crippen LogP contribution in [0.5, 0.6) is 5.75 Å². The van der Waals surface area contributed by atoms with Gasteiger partial charge in [0.05, 0.1) is 19.1 Å². The van der Waals surface area contributed by atoms with E-state index in [0.29, 0.717) is 22.7 Å². The van der Waals surface area contributed by atoms with Crippen LogP contribution >= 0.6 is 0 Å². The molecule has 2 aromatic carbocycles. The van der Waals surface area contributed by atoms with Gasteiger partial charge in [0.15, 0.2) is 0 Å². The van der Waals surface area contributed by atoms with Crippen LogP contribution in [0.4, 0.5) is 10.1 Å². The summed E-state index contributed by atoms with van der Waals surface area (Å²) in [6.07, 6.45) is 7.67. The summed E-state index contributed by atoms with van der Waals surface area (Å²) in [5.74, 6) is -0.0559. The van der Waals surface area contributed by atoms with Crippen LogP contribution in [0.25, 0.3) is 11.8 Å². The van der Waals surface area contributed by atoms with Crippen LogP contribution in [-0.4, -0.2) is 22.6 Å². The predicted octanol–water partition coefficient (Wildman–Crippen LogP) is 3.67. The summed E-state index contributed by atoms with van der Waals surface area (Å²) in [6, 6.07) is 11.8. The van der Waals surface area contributed by atoms with Crippen molar-refractivity contribution in [2.75, 3.05) is 12.4 Å². The number of ether oxygens (including phenoxy) is 1. The molecule has 0 atom stereocenters. The highest BCUT2D eigenvalue weighted by Crippen LogP contribution is 2.18. The first-order valence-corrected chi connectivity index (χ1v) is 7.57. The smallest absolute Gasteiger partial charge is 0.248 e. The summed E-state index contributed by atoms with van der Waals surface area (Å²) >= 11 is 0. The van der Waals surface area contributed by atoms with E-state index in [1.54, 1.807) is 66.5 Å². The predicted molar refractivity (Wildman–Crippen MR) is 94.2 cm³/mol. The second-order valence-corrected chi connectivity index (χ2v) is 5.24. The van der Waals surface area contributed by atoms with E-state index in [0.717, 1.165) is 0 Å². The number of methoxy groups -OCH3 is 1. The number of halogens is 1. The van der Waals surface area contributed by atoms with Crippen molar-refractivity contribution >= 4 is 17.7 Å². The van der Waals surface area contributed by atoms with Gasteiger partial charge in [-0.1, -0.05) is 12.1 Å². The van der Waals surface area contributed by atoms with E-state index in [1.165, 1.54) is 18.5 Å². The molecule has 0 radical (unpaired) electrons. The van der Waals surface area contributed by atoms with Crippen molar-refractivity contribution in [2.45, 2.75) is 0 Å². The molecule has 1 aromatic heterocycles. The Bertz CT molecular complexity index is 905. The van der Waals surface area contributed by atoms with Crippen LogP contribution in [0.3, 0.4) is 0 Å². The van der Waals surface area contributed by atoms with E-state index in [2.05, 4.69) is 10.3 Å². The second kappa shape index (κ2) is 7.44. The zero-order valence-electron chi connectivity index (χ0n) is 13.5. The minimum atomic E-state index is -0.395. The number of nitrogens with one attached hydrogen (secondary N) is 1. The molecule has 126 valence electrons. The zero-order chi connectivity index (χ0) is 17.6. The summed E-state index contributed by atoms with van der Waals surface area (Å²) in [6.45, 7) is 0. The molecule has 0 fully saturated rings. The topological polar surface area (TPSA) is 56.1 Å². The normalized spacial score (nSPS) is 10.8. The third-order valence-electron chi connectivity index (χ3n) is 3.52. The first-order valence-electron chi connectivity index (χ1n) is 7.57. The molecule has 0 saturated carbocycles. The Balaban J connectivity index is 1.69. The number of anilines is 1. The van der Waals surface area contributed by atoms with Gasteiger partial charge in [-0.3, -0.25) is 4.79 Å². The maximum Gasteiger partial charge on any atom is 0.248 e. The SMILES string of the molecule is COc1cccc(NC(=O)/C=C/c2ccc(-n3ccnc3)c(F)c2)c1. The third-order valence-corrected chi connectivity index (χ3v) is 3.52. The highest BCUT2D eigenvalue weighted by molar-refractivity contribution is 6.02. The van der Waals surface area contributed by atoms with Gasteiger partial charge in [0.1, 0.15) is 11.6 Å². The molecule has 1 amide bonds. The Hall–Kier alpha value is -3.41. The van der Waals surface area contributed by atoms with E-state index in [9.17, 15) is 9.18 Å². The maximum atomic E-state index is 14.2. The van der Waals surface area contributed by atoms with Crippen molar-refractivity contribution in [1.29, 1.82) is 0 Å². The molecule has 1 N–H and O–H groups in total. The van der Waals surface area contributed by atoms with Crippen LogP contribution in [-0.2, 0) is 4.79 Å². The molecule has 0 bridgehead atoms. The monoisotopic (exact) mass is 337 g/mol. The van der Waals surface area contributed by atoms with Crippen LogP contribution in [0, 0.1) is 5.82 Å². The van der Waals surface area contributed by atoms with Crippen LogP contribution in [0.1, 0.15) is 5.56 Å². The molecule has 0 spiro atoms. The lowest BCUT2D eigenvalue weighted by Crippen LogP contribution is -2.07. The van der Waals surface area contributed by atoms with Crippen molar-refractivity contribution in [3.05, 3.63) is 78.6 Å². The van der Waals surface area contributed by atoms with E-state index >= 15 is 0 Å². The molecule has 5 nitrogen and oxygen atoms in total. The quantitative estimate of drug-likeness (QED) is 0.723. The molecule has 6 heteroatoms. The van der Waals surface area contributed by atoms with Crippen LogP contribution < -0.4 is 10.1 Å². The molecule has 1 heterocycles. The maximum absolute atomic E-state index is 14.2. The average molecular weight is 337 g/mol. The van der Waals surface area contributed by atoms with Crippen molar-refractivity contribution in [3.63, 3.8) is 0 Å². The largest absolute Gasteiger partial charge is 0.497 e. The Labute approximate surface area is 144 Å². The van der Waals surface area contributed by atoms with E-state index in [-0.39, 0.29) is 5.91 Å². The van der Waals surface area contributed by atoms with Crippen molar-refractivity contribution in [3.8, 4) is 11.4 Å². The minimum Gasteiger partial charge on any atom is -0.497 e. The van der Waals surface area contributed by atoms with Gasteiger partial charge >= 0.3 is 0 Å². The third kappa shape index (κ3) is 4.11. The Kier molecular flexibility index (Phi) is 4.89. The molecule has 3 aromatic rings. The van der Waals surface area contributed by atoms with Crippen LogP contribution in [0.2, 0.25) is 0 Å². The number of aromatic nitrogens is 2. The second-order valence-electron chi connectivity index (χ2n) is 5.24. The molecular formula is C19H16FN3O2. The first-order chi connectivity index (χ1) is 12.2. The number of benzene rings is 2. The molecule has 3 rings (SSSR count). The first kappa shape index (κ1) is 16.4. The Morgan fingerprint density at radius 3 is 2.88 bits per heavy atom. The van der Waals surface area contributed by atoms with Gasteiger partial charge in [-0.25, -0.2) is 9.37 Å². The fraction of sp³-hybridized carbons (Fsp3) is 0.0526. The molecule has 0 aliphatic rings. The number of amides is 1. The summed E-state index contributed by atoms with van der Waals surface area (Å²) in [7, 11) is 1.56. The minimum absolute atomic E-state index is 0.313. The zero-order valence-corrected chi connectivity index (χ0v) is 13.5. The number of hydrogen-bond acceptors (Lipinski definition) is 3. The number of nitrogens with zero attached hydrogens (tertiary/aromatic N) is 2. The van der Waals surface area contributed by atoms with Gasteiger partial charge in [-0.2, -0.15) is 0 Å². The van der Waals surface area contributed by atoms with Gasteiger partial charge in [0, 0.05) is 30.2 Å².